The van der Waals surface area contributed by atoms with Crippen LogP contribution in [0.25, 0.3) is 0 Å². The van der Waals surface area contributed by atoms with E-state index in [9.17, 15) is 4.79 Å². The van der Waals surface area contributed by atoms with Crippen molar-refractivity contribution in [3.8, 4) is 11.5 Å². The number of amides is 1. The largest absolute Gasteiger partial charge is 0.494 e. The normalized spacial score (nSPS) is 10.7. The minimum absolute atomic E-state index is 0.102. The van der Waals surface area contributed by atoms with Gasteiger partial charge in [0.15, 0.2) is 0 Å². The first-order valence-corrected chi connectivity index (χ1v) is 11.1. The molecule has 30 heavy (non-hydrogen) atoms. The fourth-order valence-corrected chi connectivity index (χ4v) is 2.85. The molecule has 0 spiro atoms. The molecular weight excluding hydrogens is 376 g/mol. The van der Waals surface area contributed by atoms with E-state index >= 15 is 0 Å². The molecule has 0 saturated heterocycles. The van der Waals surface area contributed by atoms with Gasteiger partial charge >= 0.3 is 0 Å². The van der Waals surface area contributed by atoms with Crippen molar-refractivity contribution in [2.75, 3.05) is 30.4 Å². The van der Waals surface area contributed by atoms with Gasteiger partial charge in [0.25, 0.3) is 0 Å². The van der Waals surface area contributed by atoms with E-state index in [1.807, 2.05) is 48.5 Å². The summed E-state index contributed by atoms with van der Waals surface area (Å²) in [5.41, 5.74) is 1.62. The molecular formula is C25H36N2O3. The fraction of sp³-hybridized carbons (Fsp3) is 0.480. The highest BCUT2D eigenvalue weighted by atomic mass is 16.5. The predicted molar refractivity (Wildman–Crippen MR) is 125 cm³/mol. The number of carbonyl (C=O) groups excluding carboxylic acids is 1. The summed E-state index contributed by atoms with van der Waals surface area (Å²) in [5.74, 6) is 2.15. The number of hydrogen-bond acceptors (Lipinski definition) is 4. The molecule has 0 saturated carbocycles. The zero-order chi connectivity index (χ0) is 21.6. The molecule has 0 aromatic heterocycles. The Kier molecular flexibility index (Phi) is 10.6. The van der Waals surface area contributed by atoms with E-state index in [2.05, 4.69) is 31.4 Å². The summed E-state index contributed by atoms with van der Waals surface area (Å²) in [6.45, 7) is 8.16. The molecule has 2 aromatic carbocycles. The van der Waals surface area contributed by atoms with Crippen molar-refractivity contribution in [1.29, 1.82) is 0 Å². The van der Waals surface area contributed by atoms with Crippen molar-refractivity contribution in [1.82, 2.24) is 0 Å². The standard InChI is InChI=1S/C25H36N2O3/c1-4-5-6-7-16-29-23-13-11-21(12-14-23)27-25(28)19-26-22-9-8-10-24(18-22)30-17-15-20(2)3/h8-14,18,20,26H,4-7,15-17,19H2,1-3H3,(H,27,28). The third kappa shape index (κ3) is 9.68. The number of hydrogen-bond donors (Lipinski definition) is 2. The van der Waals surface area contributed by atoms with Crippen LogP contribution in [0.2, 0.25) is 0 Å². The van der Waals surface area contributed by atoms with Crippen LogP contribution in [0.5, 0.6) is 11.5 Å². The monoisotopic (exact) mass is 412 g/mol. The van der Waals surface area contributed by atoms with Gasteiger partial charge in [0, 0.05) is 17.4 Å². The molecule has 0 aliphatic heterocycles. The molecule has 0 radical (unpaired) electrons. The molecule has 164 valence electrons. The van der Waals surface area contributed by atoms with Crippen LogP contribution in [-0.2, 0) is 4.79 Å². The number of carbonyl (C=O) groups is 1. The van der Waals surface area contributed by atoms with Crippen LogP contribution < -0.4 is 20.1 Å². The van der Waals surface area contributed by atoms with E-state index in [0.29, 0.717) is 12.5 Å². The summed E-state index contributed by atoms with van der Waals surface area (Å²) in [4.78, 5) is 12.2. The van der Waals surface area contributed by atoms with Crippen LogP contribution in [0.4, 0.5) is 11.4 Å². The lowest BCUT2D eigenvalue weighted by Gasteiger charge is -2.11. The van der Waals surface area contributed by atoms with Gasteiger partial charge in [-0.15, -0.1) is 0 Å². The molecule has 0 fully saturated rings. The van der Waals surface area contributed by atoms with Crippen molar-refractivity contribution < 1.29 is 14.3 Å². The average Bonchev–Trinajstić information content (AvgIpc) is 2.73. The highest BCUT2D eigenvalue weighted by Crippen LogP contribution is 2.19. The van der Waals surface area contributed by atoms with Crippen LogP contribution in [0.15, 0.2) is 48.5 Å². The van der Waals surface area contributed by atoms with Crippen LogP contribution in [0.3, 0.4) is 0 Å². The van der Waals surface area contributed by atoms with Gasteiger partial charge in [-0.1, -0.05) is 46.1 Å². The number of anilines is 2. The average molecular weight is 413 g/mol. The second kappa shape index (κ2) is 13.5. The maximum atomic E-state index is 12.2. The second-order valence-electron chi connectivity index (χ2n) is 7.89. The zero-order valence-corrected chi connectivity index (χ0v) is 18.6. The maximum absolute atomic E-state index is 12.2. The molecule has 0 bridgehead atoms. The zero-order valence-electron chi connectivity index (χ0n) is 18.6. The van der Waals surface area contributed by atoms with Crippen LogP contribution in [0.1, 0.15) is 52.9 Å². The highest BCUT2D eigenvalue weighted by molar-refractivity contribution is 5.93. The SMILES string of the molecule is CCCCCCOc1ccc(NC(=O)CNc2cccc(OCCC(C)C)c2)cc1. The van der Waals surface area contributed by atoms with Crippen LogP contribution >= 0.6 is 0 Å². The Balaban J connectivity index is 1.71. The lowest BCUT2D eigenvalue weighted by atomic mass is 10.1. The summed E-state index contributed by atoms with van der Waals surface area (Å²) in [6.07, 6.45) is 5.76. The molecule has 2 aromatic rings. The van der Waals surface area contributed by atoms with Crippen molar-refractivity contribution in [3.05, 3.63) is 48.5 Å². The third-order valence-corrected chi connectivity index (χ3v) is 4.66. The first-order valence-electron chi connectivity index (χ1n) is 11.1. The number of unbranched alkanes of at least 4 members (excludes halogenated alkanes) is 3. The number of ether oxygens (including phenoxy) is 2. The Morgan fingerprint density at radius 2 is 1.67 bits per heavy atom. The van der Waals surface area contributed by atoms with Crippen molar-refractivity contribution in [2.24, 2.45) is 5.92 Å². The maximum Gasteiger partial charge on any atom is 0.243 e. The molecule has 0 aliphatic rings. The first-order chi connectivity index (χ1) is 14.6. The lowest BCUT2D eigenvalue weighted by Crippen LogP contribution is -2.21. The van der Waals surface area contributed by atoms with Gasteiger partial charge in [-0.25, -0.2) is 0 Å². The molecule has 0 atom stereocenters. The second-order valence-corrected chi connectivity index (χ2v) is 7.89. The number of nitrogens with one attached hydrogen (secondary N) is 2. The molecule has 5 heteroatoms. The van der Waals surface area contributed by atoms with Crippen LogP contribution in [0, 0.1) is 5.92 Å². The van der Waals surface area contributed by atoms with E-state index in [0.717, 1.165) is 42.3 Å². The van der Waals surface area contributed by atoms with Gasteiger partial charge in [0.05, 0.1) is 19.8 Å². The Hall–Kier alpha value is -2.69. The fourth-order valence-electron chi connectivity index (χ4n) is 2.85. The van der Waals surface area contributed by atoms with Gasteiger partial charge < -0.3 is 20.1 Å². The summed E-state index contributed by atoms with van der Waals surface area (Å²) in [7, 11) is 0. The topological polar surface area (TPSA) is 59.6 Å². The van der Waals surface area contributed by atoms with Crippen molar-refractivity contribution in [3.63, 3.8) is 0 Å². The Bertz CT molecular complexity index is 744. The third-order valence-electron chi connectivity index (χ3n) is 4.66. The van der Waals surface area contributed by atoms with Crippen LogP contribution in [-0.4, -0.2) is 25.7 Å². The van der Waals surface area contributed by atoms with Crippen molar-refractivity contribution >= 4 is 17.3 Å². The van der Waals surface area contributed by atoms with Gasteiger partial charge in [0.2, 0.25) is 5.91 Å². The Morgan fingerprint density at radius 1 is 0.900 bits per heavy atom. The highest BCUT2D eigenvalue weighted by Gasteiger charge is 2.04. The minimum atomic E-state index is -0.102. The minimum Gasteiger partial charge on any atom is -0.494 e. The summed E-state index contributed by atoms with van der Waals surface area (Å²) in [6, 6.07) is 15.2. The first kappa shape index (κ1) is 23.6. The summed E-state index contributed by atoms with van der Waals surface area (Å²) >= 11 is 0. The van der Waals surface area contributed by atoms with Gasteiger partial charge in [-0.2, -0.15) is 0 Å². The lowest BCUT2D eigenvalue weighted by molar-refractivity contribution is -0.114. The van der Waals surface area contributed by atoms with Crippen molar-refractivity contribution in [2.45, 2.75) is 52.9 Å². The van der Waals surface area contributed by atoms with Gasteiger partial charge in [-0.05, 0) is 55.2 Å². The molecule has 1 amide bonds. The molecule has 0 heterocycles. The number of rotatable bonds is 14. The quantitative estimate of drug-likeness (QED) is 0.367. The van der Waals surface area contributed by atoms with E-state index in [4.69, 9.17) is 9.47 Å². The Labute approximate surface area is 181 Å². The molecule has 5 nitrogen and oxygen atoms in total. The summed E-state index contributed by atoms with van der Waals surface area (Å²) < 4.78 is 11.5. The van der Waals surface area contributed by atoms with Gasteiger partial charge in [0.1, 0.15) is 11.5 Å². The van der Waals surface area contributed by atoms with E-state index in [1.54, 1.807) is 0 Å². The van der Waals surface area contributed by atoms with E-state index in [1.165, 1.54) is 19.3 Å². The van der Waals surface area contributed by atoms with E-state index in [-0.39, 0.29) is 12.5 Å². The molecule has 2 N–H and O–H groups in total. The molecule has 0 unspecified atom stereocenters. The molecule has 2 rings (SSSR count). The number of benzene rings is 2. The molecule has 0 aliphatic carbocycles. The van der Waals surface area contributed by atoms with Gasteiger partial charge in [-0.3, -0.25) is 4.79 Å². The predicted octanol–water partition coefficient (Wildman–Crippen LogP) is 6.12. The Morgan fingerprint density at radius 3 is 2.40 bits per heavy atom. The summed E-state index contributed by atoms with van der Waals surface area (Å²) in [5, 5.41) is 6.04. The van der Waals surface area contributed by atoms with E-state index < -0.39 is 0 Å². The smallest absolute Gasteiger partial charge is 0.243 e.